The van der Waals surface area contributed by atoms with Crippen LogP contribution in [-0.4, -0.2) is 43.9 Å². The Labute approximate surface area is 147 Å². The SMILES string of the molecule is COc1ccc(C2CN(C)Cc3cc(OCCCO)ccc32)cc1F. The fourth-order valence-corrected chi connectivity index (χ4v) is 3.35. The van der Waals surface area contributed by atoms with Gasteiger partial charge in [0.2, 0.25) is 0 Å². The van der Waals surface area contributed by atoms with Gasteiger partial charge < -0.3 is 19.5 Å². The Bertz CT molecular complexity index is 735. The first kappa shape index (κ1) is 17.7. The molecule has 134 valence electrons. The molecule has 1 aliphatic rings. The van der Waals surface area contributed by atoms with Gasteiger partial charge in [-0.05, 0) is 48.0 Å². The van der Waals surface area contributed by atoms with E-state index in [9.17, 15) is 4.39 Å². The molecule has 4 nitrogen and oxygen atoms in total. The molecule has 0 bridgehead atoms. The minimum atomic E-state index is -0.335. The number of aliphatic hydroxyl groups is 1. The summed E-state index contributed by atoms with van der Waals surface area (Å²) in [5, 5.41) is 8.87. The molecule has 1 heterocycles. The minimum Gasteiger partial charge on any atom is -0.494 e. The van der Waals surface area contributed by atoms with Gasteiger partial charge in [-0.15, -0.1) is 0 Å². The van der Waals surface area contributed by atoms with E-state index in [1.54, 1.807) is 12.1 Å². The molecule has 2 aromatic rings. The Kier molecular flexibility index (Phi) is 5.56. The Balaban J connectivity index is 1.89. The number of benzene rings is 2. The van der Waals surface area contributed by atoms with E-state index in [0.717, 1.165) is 24.4 Å². The zero-order chi connectivity index (χ0) is 17.8. The smallest absolute Gasteiger partial charge is 0.165 e. The maximum absolute atomic E-state index is 14.1. The van der Waals surface area contributed by atoms with Gasteiger partial charge in [-0.2, -0.15) is 0 Å². The number of methoxy groups -OCH3 is 1. The van der Waals surface area contributed by atoms with E-state index in [1.807, 2.05) is 12.1 Å². The molecule has 0 saturated carbocycles. The van der Waals surface area contributed by atoms with Gasteiger partial charge >= 0.3 is 0 Å². The lowest BCUT2D eigenvalue weighted by Gasteiger charge is -2.33. The Morgan fingerprint density at radius 2 is 2.08 bits per heavy atom. The van der Waals surface area contributed by atoms with Crippen LogP contribution in [-0.2, 0) is 6.54 Å². The molecule has 0 spiro atoms. The number of hydrogen-bond acceptors (Lipinski definition) is 4. The van der Waals surface area contributed by atoms with Gasteiger partial charge in [0.05, 0.1) is 13.7 Å². The first-order chi connectivity index (χ1) is 12.1. The largest absolute Gasteiger partial charge is 0.494 e. The van der Waals surface area contributed by atoms with Crippen molar-refractivity contribution in [2.75, 3.05) is 33.9 Å². The summed E-state index contributed by atoms with van der Waals surface area (Å²) in [6.07, 6.45) is 0.616. The van der Waals surface area contributed by atoms with Crippen LogP contribution in [0.4, 0.5) is 4.39 Å². The van der Waals surface area contributed by atoms with Crippen LogP contribution in [0.3, 0.4) is 0 Å². The molecule has 1 unspecified atom stereocenters. The predicted octanol–water partition coefficient (Wildman–Crippen LogP) is 3.17. The molecule has 0 radical (unpaired) electrons. The summed E-state index contributed by atoms with van der Waals surface area (Å²) in [5.41, 5.74) is 3.34. The van der Waals surface area contributed by atoms with E-state index in [0.29, 0.717) is 13.0 Å². The molecule has 3 rings (SSSR count). The van der Waals surface area contributed by atoms with Gasteiger partial charge in [0, 0.05) is 32.0 Å². The zero-order valence-electron chi connectivity index (χ0n) is 14.7. The number of aliphatic hydroxyl groups excluding tert-OH is 1. The molecule has 25 heavy (non-hydrogen) atoms. The maximum atomic E-state index is 14.1. The van der Waals surface area contributed by atoms with Crippen molar-refractivity contribution in [2.45, 2.75) is 18.9 Å². The molecule has 5 heteroatoms. The van der Waals surface area contributed by atoms with Crippen molar-refractivity contribution in [1.82, 2.24) is 4.90 Å². The Hall–Kier alpha value is -2.11. The van der Waals surface area contributed by atoms with Crippen molar-refractivity contribution in [1.29, 1.82) is 0 Å². The van der Waals surface area contributed by atoms with E-state index in [2.05, 4.69) is 24.1 Å². The van der Waals surface area contributed by atoms with Crippen molar-refractivity contribution < 1.29 is 19.0 Å². The molecular formula is C20H24FNO3. The zero-order valence-corrected chi connectivity index (χ0v) is 14.7. The average Bonchev–Trinajstić information content (AvgIpc) is 2.61. The van der Waals surface area contributed by atoms with E-state index >= 15 is 0 Å². The molecule has 1 N–H and O–H groups in total. The number of likely N-dealkylation sites (N-methyl/N-ethyl adjacent to an activating group) is 1. The monoisotopic (exact) mass is 345 g/mol. The highest BCUT2D eigenvalue weighted by Gasteiger charge is 2.26. The summed E-state index contributed by atoms with van der Waals surface area (Å²) in [6.45, 7) is 2.29. The Morgan fingerprint density at radius 3 is 2.80 bits per heavy atom. The third kappa shape index (κ3) is 3.94. The lowest BCUT2D eigenvalue weighted by molar-refractivity contribution is 0.233. The summed E-state index contributed by atoms with van der Waals surface area (Å²) in [6, 6.07) is 11.3. The molecule has 1 aliphatic heterocycles. The Morgan fingerprint density at radius 1 is 1.24 bits per heavy atom. The number of rotatable bonds is 6. The third-order valence-corrected chi connectivity index (χ3v) is 4.57. The quantitative estimate of drug-likeness (QED) is 0.817. The highest BCUT2D eigenvalue weighted by atomic mass is 19.1. The highest BCUT2D eigenvalue weighted by Crippen LogP contribution is 2.36. The van der Waals surface area contributed by atoms with E-state index in [1.165, 1.54) is 18.2 Å². The van der Waals surface area contributed by atoms with Gasteiger partial charge in [0.25, 0.3) is 0 Å². The molecule has 0 aliphatic carbocycles. The molecular weight excluding hydrogens is 321 g/mol. The number of halogens is 1. The second kappa shape index (κ2) is 7.85. The summed E-state index contributed by atoms with van der Waals surface area (Å²) in [7, 11) is 3.54. The molecule has 0 amide bonds. The van der Waals surface area contributed by atoms with Gasteiger partial charge in [0.1, 0.15) is 5.75 Å². The van der Waals surface area contributed by atoms with Crippen molar-refractivity contribution in [3.8, 4) is 11.5 Å². The summed E-state index contributed by atoms with van der Waals surface area (Å²) in [4.78, 5) is 2.23. The van der Waals surface area contributed by atoms with Crippen molar-refractivity contribution >= 4 is 0 Å². The molecule has 1 atom stereocenters. The average molecular weight is 345 g/mol. The van der Waals surface area contributed by atoms with Gasteiger partial charge in [0.15, 0.2) is 11.6 Å². The van der Waals surface area contributed by atoms with Crippen LogP contribution in [0, 0.1) is 5.82 Å². The number of ether oxygens (including phenoxy) is 2. The fraction of sp³-hybridized carbons (Fsp3) is 0.400. The topological polar surface area (TPSA) is 41.9 Å². The van der Waals surface area contributed by atoms with Gasteiger partial charge in [-0.3, -0.25) is 0 Å². The van der Waals surface area contributed by atoms with Crippen LogP contribution >= 0.6 is 0 Å². The van der Waals surface area contributed by atoms with Crippen LogP contribution in [0.1, 0.15) is 29.0 Å². The first-order valence-electron chi connectivity index (χ1n) is 8.51. The third-order valence-electron chi connectivity index (χ3n) is 4.57. The maximum Gasteiger partial charge on any atom is 0.165 e. The summed E-state index contributed by atoms with van der Waals surface area (Å²) >= 11 is 0. The molecule has 2 aromatic carbocycles. The van der Waals surface area contributed by atoms with Crippen molar-refractivity contribution in [3.05, 3.63) is 58.9 Å². The summed E-state index contributed by atoms with van der Waals surface area (Å²) in [5.74, 6) is 0.849. The van der Waals surface area contributed by atoms with Crippen molar-refractivity contribution in [2.24, 2.45) is 0 Å². The van der Waals surface area contributed by atoms with Crippen molar-refractivity contribution in [3.63, 3.8) is 0 Å². The highest BCUT2D eigenvalue weighted by molar-refractivity contribution is 5.45. The lowest BCUT2D eigenvalue weighted by Crippen LogP contribution is -2.31. The number of hydrogen-bond donors (Lipinski definition) is 1. The van der Waals surface area contributed by atoms with E-state index in [4.69, 9.17) is 14.6 Å². The number of nitrogens with zero attached hydrogens (tertiary/aromatic N) is 1. The van der Waals surface area contributed by atoms with Crippen LogP contribution in [0.2, 0.25) is 0 Å². The lowest BCUT2D eigenvalue weighted by atomic mass is 9.84. The normalized spacial score (nSPS) is 17.2. The standard InChI is InChI=1S/C20H24FNO3/c1-22-12-15-10-16(25-9-3-8-23)5-6-17(15)18(13-22)14-4-7-20(24-2)19(21)11-14/h4-7,10-11,18,23H,3,8-9,12-13H2,1-2H3. The van der Waals surface area contributed by atoms with Crippen LogP contribution in [0.25, 0.3) is 0 Å². The van der Waals surface area contributed by atoms with Gasteiger partial charge in [-0.25, -0.2) is 4.39 Å². The van der Waals surface area contributed by atoms with Crippen LogP contribution in [0.5, 0.6) is 11.5 Å². The first-order valence-corrected chi connectivity index (χ1v) is 8.51. The second-order valence-corrected chi connectivity index (χ2v) is 6.43. The summed E-state index contributed by atoms with van der Waals surface area (Å²) < 4.78 is 24.8. The van der Waals surface area contributed by atoms with E-state index in [-0.39, 0.29) is 24.1 Å². The predicted molar refractivity (Wildman–Crippen MR) is 94.8 cm³/mol. The molecule has 0 fully saturated rings. The molecule has 0 saturated heterocycles. The minimum absolute atomic E-state index is 0.112. The van der Waals surface area contributed by atoms with Crippen LogP contribution < -0.4 is 9.47 Å². The fourth-order valence-electron chi connectivity index (χ4n) is 3.35. The van der Waals surface area contributed by atoms with Gasteiger partial charge in [-0.1, -0.05) is 12.1 Å². The number of fused-ring (bicyclic) bond motifs is 1. The van der Waals surface area contributed by atoms with E-state index < -0.39 is 0 Å². The molecule has 0 aromatic heterocycles. The second-order valence-electron chi connectivity index (χ2n) is 6.43. The van der Waals surface area contributed by atoms with Crippen LogP contribution in [0.15, 0.2) is 36.4 Å².